The first-order chi connectivity index (χ1) is 13.9. The standard InChI is InChI=1S/C20H23ClFN5O2/c1-24-20(23)25-10-12-8-11-4-2-3-5-14(11)17(12)27-19(29)18(28)26-13-6-7-15(21)16(22)9-13/h2-7,9,12,17,19,27,29H,8,10H2,1H3,(H,26,28)(H3,23,24,25)/t12-,17-,19?/m1/s1. The Morgan fingerprint density at radius 3 is 2.86 bits per heavy atom. The Hall–Kier alpha value is -2.68. The number of benzene rings is 2. The molecule has 2 aromatic carbocycles. The van der Waals surface area contributed by atoms with E-state index in [4.69, 9.17) is 17.3 Å². The number of carbonyl (C=O) groups is 1. The number of nitrogens with two attached hydrogens (primary N) is 1. The number of anilines is 1. The number of amides is 1. The van der Waals surface area contributed by atoms with Gasteiger partial charge in [-0.15, -0.1) is 0 Å². The van der Waals surface area contributed by atoms with Crippen LogP contribution >= 0.6 is 11.6 Å². The third-order valence-corrected chi connectivity index (χ3v) is 5.21. The van der Waals surface area contributed by atoms with Gasteiger partial charge in [-0.05, 0) is 41.7 Å². The highest BCUT2D eigenvalue weighted by atomic mass is 35.5. The lowest BCUT2D eigenvalue weighted by Gasteiger charge is -2.25. The van der Waals surface area contributed by atoms with Crippen molar-refractivity contribution >= 4 is 29.2 Å². The van der Waals surface area contributed by atoms with Crippen LogP contribution in [0.4, 0.5) is 10.1 Å². The number of rotatable bonds is 6. The average molecular weight is 420 g/mol. The molecule has 29 heavy (non-hydrogen) atoms. The molecule has 0 bridgehead atoms. The lowest BCUT2D eigenvalue weighted by atomic mass is 10.00. The summed E-state index contributed by atoms with van der Waals surface area (Å²) in [5, 5.41) is 18.9. The van der Waals surface area contributed by atoms with E-state index >= 15 is 0 Å². The van der Waals surface area contributed by atoms with Crippen LogP contribution in [0.15, 0.2) is 47.5 Å². The molecule has 154 valence electrons. The smallest absolute Gasteiger partial charge is 0.268 e. The molecule has 3 rings (SSSR count). The van der Waals surface area contributed by atoms with Gasteiger partial charge in [-0.1, -0.05) is 35.9 Å². The molecule has 6 N–H and O–H groups in total. The SMILES string of the molecule is CN=C(N)NC[C@H]1Cc2ccccc2[C@@H]1NC(O)C(=O)Nc1ccc(Cl)c(F)c1. The van der Waals surface area contributed by atoms with Crippen LogP contribution in [0.3, 0.4) is 0 Å². The average Bonchev–Trinajstić information content (AvgIpc) is 3.06. The van der Waals surface area contributed by atoms with Crippen LogP contribution in [0.25, 0.3) is 0 Å². The number of aliphatic hydroxyl groups is 1. The monoisotopic (exact) mass is 419 g/mol. The fourth-order valence-corrected chi connectivity index (χ4v) is 3.56. The van der Waals surface area contributed by atoms with Crippen LogP contribution < -0.4 is 21.7 Å². The summed E-state index contributed by atoms with van der Waals surface area (Å²) in [6.45, 7) is 0.520. The zero-order valence-corrected chi connectivity index (χ0v) is 16.6. The number of guanidine groups is 1. The minimum absolute atomic E-state index is 0.0446. The Morgan fingerprint density at radius 2 is 2.14 bits per heavy atom. The van der Waals surface area contributed by atoms with Crippen molar-refractivity contribution in [3.05, 3.63) is 64.4 Å². The lowest BCUT2D eigenvalue weighted by Crippen LogP contribution is -2.45. The Morgan fingerprint density at radius 1 is 1.38 bits per heavy atom. The molecule has 9 heteroatoms. The van der Waals surface area contributed by atoms with Gasteiger partial charge in [0.2, 0.25) is 0 Å². The lowest BCUT2D eigenvalue weighted by molar-refractivity contribution is -0.126. The number of nitrogens with one attached hydrogen (secondary N) is 3. The summed E-state index contributed by atoms with van der Waals surface area (Å²) in [6, 6.07) is 11.5. The number of aliphatic hydroxyl groups excluding tert-OH is 1. The topological polar surface area (TPSA) is 112 Å². The Kier molecular flexibility index (Phi) is 6.68. The first kappa shape index (κ1) is 21.0. The van der Waals surface area contributed by atoms with Gasteiger partial charge < -0.3 is 21.5 Å². The Balaban J connectivity index is 1.70. The predicted molar refractivity (Wildman–Crippen MR) is 111 cm³/mol. The zero-order chi connectivity index (χ0) is 21.0. The second kappa shape index (κ2) is 9.21. The minimum atomic E-state index is -1.50. The number of fused-ring (bicyclic) bond motifs is 1. The molecule has 1 aliphatic carbocycles. The van der Waals surface area contributed by atoms with Gasteiger partial charge in [0.1, 0.15) is 5.82 Å². The van der Waals surface area contributed by atoms with Gasteiger partial charge in [0.15, 0.2) is 12.2 Å². The second-order valence-electron chi connectivity index (χ2n) is 6.82. The van der Waals surface area contributed by atoms with E-state index in [2.05, 4.69) is 20.9 Å². The number of carbonyl (C=O) groups excluding carboxylic acids is 1. The molecule has 0 heterocycles. The van der Waals surface area contributed by atoms with E-state index in [1.165, 1.54) is 12.1 Å². The van der Waals surface area contributed by atoms with Crippen molar-refractivity contribution < 1.29 is 14.3 Å². The normalized spacial score (nSPS) is 19.5. The van der Waals surface area contributed by atoms with Gasteiger partial charge in [-0.25, -0.2) is 4.39 Å². The van der Waals surface area contributed by atoms with Crippen LogP contribution in [0.2, 0.25) is 5.02 Å². The summed E-state index contributed by atoms with van der Waals surface area (Å²) in [5.41, 5.74) is 8.07. The van der Waals surface area contributed by atoms with E-state index in [-0.39, 0.29) is 22.7 Å². The molecular weight excluding hydrogens is 397 g/mol. The molecule has 7 nitrogen and oxygen atoms in total. The molecule has 0 aromatic heterocycles. The molecule has 0 saturated heterocycles. The highest BCUT2D eigenvalue weighted by Crippen LogP contribution is 2.36. The molecule has 3 atom stereocenters. The summed E-state index contributed by atoms with van der Waals surface area (Å²) in [7, 11) is 1.59. The van der Waals surface area contributed by atoms with E-state index in [1.807, 2.05) is 24.3 Å². The highest BCUT2D eigenvalue weighted by molar-refractivity contribution is 6.30. The molecule has 0 aliphatic heterocycles. The van der Waals surface area contributed by atoms with E-state index in [0.29, 0.717) is 12.5 Å². The van der Waals surface area contributed by atoms with Crippen molar-refractivity contribution in [2.75, 3.05) is 18.9 Å². The van der Waals surface area contributed by atoms with Crippen molar-refractivity contribution in [1.82, 2.24) is 10.6 Å². The van der Waals surface area contributed by atoms with E-state index < -0.39 is 18.0 Å². The van der Waals surface area contributed by atoms with Gasteiger partial charge in [0.25, 0.3) is 5.91 Å². The van der Waals surface area contributed by atoms with E-state index in [9.17, 15) is 14.3 Å². The molecule has 1 unspecified atom stereocenters. The Bertz CT molecular complexity index is 923. The molecule has 1 amide bonds. The number of hydrogen-bond donors (Lipinski definition) is 5. The third-order valence-electron chi connectivity index (χ3n) is 4.90. The highest BCUT2D eigenvalue weighted by Gasteiger charge is 2.34. The van der Waals surface area contributed by atoms with Gasteiger partial charge in [0, 0.05) is 25.3 Å². The molecule has 0 fully saturated rings. The van der Waals surface area contributed by atoms with Crippen molar-refractivity contribution in [2.24, 2.45) is 16.6 Å². The van der Waals surface area contributed by atoms with Gasteiger partial charge >= 0.3 is 0 Å². The number of aliphatic imine (C=N–C) groups is 1. The molecule has 0 spiro atoms. The first-order valence-electron chi connectivity index (χ1n) is 9.13. The summed E-state index contributed by atoms with van der Waals surface area (Å²) < 4.78 is 13.6. The second-order valence-corrected chi connectivity index (χ2v) is 7.22. The summed E-state index contributed by atoms with van der Waals surface area (Å²) >= 11 is 5.65. The number of hydrogen-bond acceptors (Lipinski definition) is 4. The Labute approximate surface area is 173 Å². The molecule has 0 radical (unpaired) electrons. The van der Waals surface area contributed by atoms with Gasteiger partial charge in [-0.3, -0.25) is 15.1 Å². The molecule has 0 saturated carbocycles. The fraction of sp³-hybridized carbons (Fsp3) is 0.300. The van der Waals surface area contributed by atoms with E-state index in [0.717, 1.165) is 23.6 Å². The quantitative estimate of drug-likeness (QED) is 0.278. The third kappa shape index (κ3) is 5.03. The van der Waals surface area contributed by atoms with Gasteiger partial charge in [0.05, 0.1) is 5.02 Å². The first-order valence-corrected chi connectivity index (χ1v) is 9.50. The summed E-state index contributed by atoms with van der Waals surface area (Å²) in [6.07, 6.45) is -0.737. The maximum Gasteiger partial charge on any atom is 0.268 e. The number of halogens is 2. The van der Waals surface area contributed by atoms with Crippen molar-refractivity contribution in [3.8, 4) is 0 Å². The van der Waals surface area contributed by atoms with Crippen molar-refractivity contribution in [3.63, 3.8) is 0 Å². The maximum absolute atomic E-state index is 13.6. The van der Waals surface area contributed by atoms with Crippen LogP contribution in [-0.2, 0) is 11.2 Å². The van der Waals surface area contributed by atoms with Crippen molar-refractivity contribution in [1.29, 1.82) is 0 Å². The van der Waals surface area contributed by atoms with E-state index in [1.54, 1.807) is 7.05 Å². The van der Waals surface area contributed by atoms with Gasteiger partial charge in [-0.2, -0.15) is 0 Å². The van der Waals surface area contributed by atoms with Crippen LogP contribution in [0.1, 0.15) is 17.2 Å². The molecular formula is C20H23ClFN5O2. The van der Waals surface area contributed by atoms with Crippen LogP contribution in [0.5, 0.6) is 0 Å². The largest absolute Gasteiger partial charge is 0.370 e. The summed E-state index contributed by atoms with van der Waals surface area (Å²) in [5.74, 6) is -0.985. The maximum atomic E-state index is 13.6. The number of nitrogens with zero attached hydrogens (tertiary/aromatic N) is 1. The fourth-order valence-electron chi connectivity index (χ4n) is 3.44. The van der Waals surface area contributed by atoms with Crippen LogP contribution in [-0.4, -0.2) is 36.8 Å². The zero-order valence-electron chi connectivity index (χ0n) is 15.8. The van der Waals surface area contributed by atoms with Crippen molar-refractivity contribution in [2.45, 2.75) is 18.7 Å². The summed E-state index contributed by atoms with van der Waals surface area (Å²) in [4.78, 5) is 16.3. The predicted octanol–water partition coefficient (Wildman–Crippen LogP) is 1.77. The minimum Gasteiger partial charge on any atom is -0.370 e. The molecule has 1 aliphatic rings. The molecule has 2 aromatic rings. The van der Waals surface area contributed by atoms with Crippen LogP contribution in [0, 0.1) is 11.7 Å².